The van der Waals surface area contributed by atoms with Crippen molar-refractivity contribution < 1.29 is 14.7 Å². The molecule has 0 saturated heterocycles. The molecule has 0 radical (unpaired) electrons. The normalized spacial score (nSPS) is 12.0. The first-order chi connectivity index (χ1) is 16.1. The number of carbonyl (C=O) groups is 2. The second-order valence-electron chi connectivity index (χ2n) is 7.90. The number of carboxylic acid groups (broad SMARTS) is 1. The Kier molecular flexibility index (Phi) is 6.65. The van der Waals surface area contributed by atoms with Crippen molar-refractivity contribution in [2.24, 2.45) is 0 Å². The molecule has 164 valence electrons. The van der Waals surface area contributed by atoms with E-state index in [0.717, 1.165) is 22.3 Å². The molecule has 0 aromatic heterocycles. The van der Waals surface area contributed by atoms with E-state index in [1.54, 1.807) is 0 Å². The fourth-order valence-electron chi connectivity index (χ4n) is 4.27. The van der Waals surface area contributed by atoms with E-state index < -0.39 is 17.4 Å². The molecule has 0 spiro atoms. The third-order valence-electron chi connectivity index (χ3n) is 5.85. The Morgan fingerprint density at radius 3 is 1.36 bits per heavy atom. The summed E-state index contributed by atoms with van der Waals surface area (Å²) in [5.41, 5.74) is 1.93. The van der Waals surface area contributed by atoms with Gasteiger partial charge in [0.05, 0.1) is 0 Å². The Morgan fingerprint density at radius 1 is 0.636 bits per heavy atom. The molecule has 0 aliphatic heterocycles. The molecule has 4 rings (SSSR count). The second-order valence-corrected chi connectivity index (χ2v) is 7.90. The SMILES string of the molecule is O=C(O)[C@H](Cc1ccccc1)NC(=O)C(c1ccccc1)(c1ccccc1)c1ccccc1. The van der Waals surface area contributed by atoms with E-state index in [2.05, 4.69) is 5.32 Å². The zero-order valence-corrected chi connectivity index (χ0v) is 18.1. The minimum absolute atomic E-state index is 0.191. The van der Waals surface area contributed by atoms with Crippen molar-refractivity contribution in [2.75, 3.05) is 0 Å². The molecule has 0 fully saturated rings. The van der Waals surface area contributed by atoms with Gasteiger partial charge in [0.25, 0.3) is 0 Å². The summed E-state index contributed by atoms with van der Waals surface area (Å²) in [4.78, 5) is 26.4. The Labute approximate surface area is 193 Å². The van der Waals surface area contributed by atoms with Gasteiger partial charge in [-0.15, -0.1) is 0 Å². The molecule has 0 aliphatic carbocycles. The quantitative estimate of drug-likeness (QED) is 0.390. The number of rotatable bonds is 8. The molecule has 4 aromatic carbocycles. The minimum atomic E-state index is -1.21. The van der Waals surface area contributed by atoms with Crippen molar-refractivity contribution in [1.29, 1.82) is 0 Å². The average molecular weight is 436 g/mol. The maximum atomic E-state index is 14.2. The molecule has 0 saturated carbocycles. The molecule has 1 amide bonds. The summed E-state index contributed by atoms with van der Waals surface area (Å²) in [7, 11) is 0. The highest BCUT2D eigenvalue weighted by Gasteiger charge is 2.44. The first-order valence-corrected chi connectivity index (χ1v) is 10.9. The van der Waals surface area contributed by atoms with E-state index in [1.807, 2.05) is 121 Å². The van der Waals surface area contributed by atoms with E-state index in [9.17, 15) is 14.7 Å². The molecule has 1 atom stereocenters. The molecule has 4 aromatic rings. The van der Waals surface area contributed by atoms with Crippen molar-refractivity contribution in [3.63, 3.8) is 0 Å². The number of benzene rings is 4. The van der Waals surface area contributed by atoms with Gasteiger partial charge in [-0.2, -0.15) is 0 Å². The zero-order valence-electron chi connectivity index (χ0n) is 18.1. The third-order valence-corrected chi connectivity index (χ3v) is 5.85. The van der Waals surface area contributed by atoms with E-state index in [4.69, 9.17) is 0 Å². The largest absolute Gasteiger partial charge is 0.480 e. The lowest BCUT2D eigenvalue weighted by atomic mass is 9.68. The highest BCUT2D eigenvalue weighted by molar-refractivity contribution is 5.98. The molecule has 4 nitrogen and oxygen atoms in total. The predicted molar refractivity (Wildman–Crippen MR) is 129 cm³/mol. The van der Waals surface area contributed by atoms with Crippen LogP contribution in [-0.2, 0) is 21.4 Å². The molecule has 4 heteroatoms. The van der Waals surface area contributed by atoms with Gasteiger partial charge in [-0.05, 0) is 22.3 Å². The standard InChI is InChI=1S/C29H25NO3/c31-27(32)26(21-22-13-5-1-6-14-22)30-28(33)29(23-15-7-2-8-16-23,24-17-9-3-10-18-24)25-19-11-4-12-20-25/h1-20,26H,21H2,(H,30,33)(H,31,32)/t26-/m0/s1. The molecule has 0 aliphatic rings. The van der Waals surface area contributed by atoms with Crippen molar-refractivity contribution >= 4 is 11.9 Å². The smallest absolute Gasteiger partial charge is 0.326 e. The van der Waals surface area contributed by atoms with Crippen LogP contribution in [0.15, 0.2) is 121 Å². The van der Waals surface area contributed by atoms with Gasteiger partial charge in [0.15, 0.2) is 0 Å². The number of hydrogen-bond acceptors (Lipinski definition) is 2. The highest BCUT2D eigenvalue weighted by Crippen LogP contribution is 2.39. The topological polar surface area (TPSA) is 66.4 Å². The molecule has 2 N–H and O–H groups in total. The summed E-state index contributed by atoms with van der Waals surface area (Å²) in [6.45, 7) is 0. The van der Waals surface area contributed by atoms with Crippen LogP contribution in [0.2, 0.25) is 0 Å². The van der Waals surface area contributed by atoms with Crippen LogP contribution in [0.5, 0.6) is 0 Å². The lowest BCUT2D eigenvalue weighted by Crippen LogP contribution is -2.52. The van der Waals surface area contributed by atoms with Crippen LogP contribution < -0.4 is 5.32 Å². The van der Waals surface area contributed by atoms with Gasteiger partial charge in [-0.3, -0.25) is 4.79 Å². The number of amides is 1. The molecular formula is C29H25NO3. The van der Waals surface area contributed by atoms with Crippen LogP contribution in [-0.4, -0.2) is 23.0 Å². The molecule has 0 unspecified atom stereocenters. The van der Waals surface area contributed by atoms with Crippen molar-refractivity contribution in [2.45, 2.75) is 17.9 Å². The maximum Gasteiger partial charge on any atom is 0.326 e. The second kappa shape index (κ2) is 9.96. The van der Waals surface area contributed by atoms with Gasteiger partial charge < -0.3 is 10.4 Å². The van der Waals surface area contributed by atoms with Gasteiger partial charge in [-0.25, -0.2) is 4.79 Å². The van der Waals surface area contributed by atoms with Crippen LogP contribution in [0.1, 0.15) is 22.3 Å². The predicted octanol–water partition coefficient (Wildman–Crippen LogP) is 4.83. The van der Waals surface area contributed by atoms with Crippen LogP contribution in [0.4, 0.5) is 0 Å². The summed E-state index contributed by atoms with van der Waals surface area (Å²) in [5, 5.41) is 12.8. The van der Waals surface area contributed by atoms with E-state index in [0.29, 0.717) is 0 Å². The van der Waals surface area contributed by atoms with Gasteiger partial charge in [0.1, 0.15) is 11.5 Å². The lowest BCUT2D eigenvalue weighted by Gasteiger charge is -2.35. The minimum Gasteiger partial charge on any atom is -0.480 e. The van der Waals surface area contributed by atoms with Crippen molar-refractivity contribution in [1.82, 2.24) is 5.32 Å². The summed E-state index contributed by atoms with van der Waals surface area (Å²) in [6.07, 6.45) is 0.191. The van der Waals surface area contributed by atoms with Gasteiger partial charge in [-0.1, -0.05) is 121 Å². The van der Waals surface area contributed by atoms with Crippen molar-refractivity contribution in [3.05, 3.63) is 144 Å². The van der Waals surface area contributed by atoms with E-state index >= 15 is 0 Å². The van der Waals surface area contributed by atoms with Crippen LogP contribution in [0, 0.1) is 0 Å². The van der Waals surface area contributed by atoms with Crippen molar-refractivity contribution in [3.8, 4) is 0 Å². The Hall–Kier alpha value is -4.18. The number of aliphatic carboxylic acids is 1. The summed E-state index contributed by atoms with van der Waals surface area (Å²) in [5.74, 6) is -1.45. The third kappa shape index (κ3) is 4.55. The molecule has 33 heavy (non-hydrogen) atoms. The van der Waals surface area contributed by atoms with E-state index in [1.165, 1.54) is 0 Å². The highest BCUT2D eigenvalue weighted by atomic mass is 16.4. The average Bonchev–Trinajstić information content (AvgIpc) is 2.87. The molecule has 0 bridgehead atoms. The van der Waals surface area contributed by atoms with Gasteiger partial charge in [0, 0.05) is 6.42 Å². The zero-order chi connectivity index (χ0) is 23.1. The number of hydrogen-bond donors (Lipinski definition) is 2. The van der Waals surface area contributed by atoms with Crippen LogP contribution >= 0.6 is 0 Å². The summed E-state index contributed by atoms with van der Waals surface area (Å²) < 4.78 is 0. The molecular weight excluding hydrogens is 410 g/mol. The van der Waals surface area contributed by atoms with Crippen LogP contribution in [0.25, 0.3) is 0 Å². The fourth-order valence-corrected chi connectivity index (χ4v) is 4.27. The number of carbonyl (C=O) groups excluding carboxylic acids is 1. The monoisotopic (exact) mass is 435 g/mol. The summed E-state index contributed by atoms with van der Waals surface area (Å²) >= 11 is 0. The summed E-state index contributed by atoms with van der Waals surface area (Å²) in [6, 6.07) is 36.7. The first kappa shape index (κ1) is 22.0. The van der Waals surface area contributed by atoms with Gasteiger partial charge >= 0.3 is 5.97 Å². The van der Waals surface area contributed by atoms with E-state index in [-0.39, 0.29) is 12.3 Å². The fraction of sp³-hybridized carbons (Fsp3) is 0.103. The lowest BCUT2D eigenvalue weighted by molar-refractivity contribution is -0.142. The number of carboxylic acids is 1. The Balaban J connectivity index is 1.85. The number of nitrogens with one attached hydrogen (secondary N) is 1. The maximum absolute atomic E-state index is 14.2. The Bertz CT molecular complexity index is 1100. The van der Waals surface area contributed by atoms with Gasteiger partial charge in [0.2, 0.25) is 5.91 Å². The molecule has 0 heterocycles. The first-order valence-electron chi connectivity index (χ1n) is 10.9. The van der Waals surface area contributed by atoms with Crippen LogP contribution in [0.3, 0.4) is 0 Å². The Morgan fingerprint density at radius 2 is 1.00 bits per heavy atom.